The third-order valence-electron chi connectivity index (χ3n) is 5.35. The number of ether oxygens (including phenoxy) is 2. The van der Waals surface area contributed by atoms with Gasteiger partial charge in [0.2, 0.25) is 0 Å². The summed E-state index contributed by atoms with van der Waals surface area (Å²) >= 11 is 0. The SMILES string of the molecule is COc1ccc(N(c2ccc(NC(=O)c3ccc(C=O)cc3)cc2)c2ccc(OC)cc2)cc1. The molecule has 0 spiro atoms. The Hall–Kier alpha value is -4.58. The number of hydrogen-bond acceptors (Lipinski definition) is 5. The Kier molecular flexibility index (Phi) is 6.89. The van der Waals surface area contributed by atoms with Gasteiger partial charge in [-0.1, -0.05) is 12.1 Å². The number of anilines is 4. The maximum absolute atomic E-state index is 12.6. The Morgan fingerprint density at radius 1 is 0.676 bits per heavy atom. The van der Waals surface area contributed by atoms with Gasteiger partial charge in [0, 0.05) is 33.9 Å². The molecule has 0 bridgehead atoms. The summed E-state index contributed by atoms with van der Waals surface area (Å²) in [6.45, 7) is 0. The molecule has 1 amide bonds. The van der Waals surface area contributed by atoms with Crippen LogP contribution in [0.15, 0.2) is 97.1 Å². The molecule has 0 aliphatic rings. The molecular weight excluding hydrogens is 428 g/mol. The van der Waals surface area contributed by atoms with Crippen LogP contribution >= 0.6 is 0 Å². The highest BCUT2D eigenvalue weighted by molar-refractivity contribution is 6.04. The molecule has 0 fully saturated rings. The molecule has 1 N–H and O–H groups in total. The van der Waals surface area contributed by atoms with Crippen molar-refractivity contribution in [1.29, 1.82) is 0 Å². The van der Waals surface area contributed by atoms with Crippen LogP contribution in [-0.2, 0) is 0 Å². The highest BCUT2D eigenvalue weighted by atomic mass is 16.5. The first-order valence-electron chi connectivity index (χ1n) is 10.7. The molecule has 4 aromatic rings. The molecule has 0 saturated heterocycles. The van der Waals surface area contributed by atoms with Crippen LogP contribution in [0.4, 0.5) is 22.7 Å². The van der Waals surface area contributed by atoms with Crippen molar-refractivity contribution in [2.75, 3.05) is 24.4 Å². The van der Waals surface area contributed by atoms with Crippen LogP contribution in [-0.4, -0.2) is 26.4 Å². The van der Waals surface area contributed by atoms with Crippen LogP contribution in [0.5, 0.6) is 11.5 Å². The van der Waals surface area contributed by atoms with E-state index in [1.54, 1.807) is 38.5 Å². The van der Waals surface area contributed by atoms with E-state index < -0.39 is 0 Å². The minimum Gasteiger partial charge on any atom is -0.497 e. The zero-order valence-electron chi connectivity index (χ0n) is 18.9. The largest absolute Gasteiger partial charge is 0.497 e. The fourth-order valence-electron chi connectivity index (χ4n) is 3.52. The lowest BCUT2D eigenvalue weighted by atomic mass is 10.1. The van der Waals surface area contributed by atoms with E-state index in [-0.39, 0.29) is 5.91 Å². The van der Waals surface area contributed by atoms with Crippen molar-refractivity contribution in [2.45, 2.75) is 0 Å². The molecule has 0 heterocycles. The number of aldehydes is 1. The Morgan fingerprint density at radius 3 is 1.53 bits per heavy atom. The number of amides is 1. The van der Waals surface area contributed by atoms with Gasteiger partial charge in [-0.15, -0.1) is 0 Å². The number of hydrogen-bond donors (Lipinski definition) is 1. The van der Waals surface area contributed by atoms with Crippen LogP contribution in [0.25, 0.3) is 0 Å². The summed E-state index contributed by atoms with van der Waals surface area (Å²) in [6.07, 6.45) is 0.748. The molecular formula is C28H24N2O4. The van der Waals surface area contributed by atoms with Gasteiger partial charge in [0.1, 0.15) is 17.8 Å². The third-order valence-corrected chi connectivity index (χ3v) is 5.35. The van der Waals surface area contributed by atoms with Crippen molar-refractivity contribution in [1.82, 2.24) is 0 Å². The molecule has 6 heteroatoms. The lowest BCUT2D eigenvalue weighted by molar-refractivity contribution is 0.102. The first kappa shape index (κ1) is 22.6. The van der Waals surface area contributed by atoms with E-state index in [0.29, 0.717) is 16.8 Å². The fraction of sp³-hybridized carbons (Fsp3) is 0.0714. The first-order chi connectivity index (χ1) is 16.6. The minimum atomic E-state index is -0.243. The van der Waals surface area contributed by atoms with E-state index in [4.69, 9.17) is 9.47 Å². The van der Waals surface area contributed by atoms with E-state index >= 15 is 0 Å². The first-order valence-corrected chi connectivity index (χ1v) is 10.7. The number of carbonyl (C=O) groups excluding carboxylic acids is 2. The minimum absolute atomic E-state index is 0.243. The Balaban J connectivity index is 1.60. The number of benzene rings is 4. The van der Waals surface area contributed by atoms with Crippen LogP contribution in [0.3, 0.4) is 0 Å². The summed E-state index contributed by atoms with van der Waals surface area (Å²) in [6, 6.07) is 29.7. The van der Waals surface area contributed by atoms with Gasteiger partial charge in [0.05, 0.1) is 14.2 Å². The van der Waals surface area contributed by atoms with Gasteiger partial charge in [0.25, 0.3) is 5.91 Å². The van der Waals surface area contributed by atoms with Crippen molar-refractivity contribution in [2.24, 2.45) is 0 Å². The normalized spacial score (nSPS) is 10.3. The van der Waals surface area contributed by atoms with Gasteiger partial charge >= 0.3 is 0 Å². The molecule has 0 radical (unpaired) electrons. The number of methoxy groups -OCH3 is 2. The second-order valence-electron chi connectivity index (χ2n) is 7.47. The monoisotopic (exact) mass is 452 g/mol. The topological polar surface area (TPSA) is 67.9 Å². The zero-order valence-corrected chi connectivity index (χ0v) is 18.9. The molecule has 0 aromatic heterocycles. The summed E-state index contributed by atoms with van der Waals surface area (Å²) < 4.78 is 10.6. The van der Waals surface area contributed by atoms with E-state index in [2.05, 4.69) is 10.2 Å². The van der Waals surface area contributed by atoms with Crippen molar-refractivity contribution >= 4 is 34.9 Å². The van der Waals surface area contributed by atoms with Crippen LogP contribution in [0.1, 0.15) is 20.7 Å². The fourth-order valence-corrected chi connectivity index (χ4v) is 3.52. The zero-order chi connectivity index (χ0) is 23.9. The maximum Gasteiger partial charge on any atom is 0.255 e. The molecule has 34 heavy (non-hydrogen) atoms. The second kappa shape index (κ2) is 10.4. The summed E-state index contributed by atoms with van der Waals surface area (Å²) in [5.41, 5.74) is 4.50. The van der Waals surface area contributed by atoms with Gasteiger partial charge in [-0.05, 0) is 84.9 Å². The Morgan fingerprint density at radius 2 is 1.12 bits per heavy atom. The predicted octanol–water partition coefficient (Wildman–Crippen LogP) is 6.24. The van der Waals surface area contributed by atoms with Gasteiger partial charge in [-0.3, -0.25) is 9.59 Å². The van der Waals surface area contributed by atoms with Gasteiger partial charge in [0.15, 0.2) is 0 Å². The summed E-state index contributed by atoms with van der Waals surface area (Å²) in [5.74, 6) is 1.31. The molecule has 0 atom stereocenters. The highest BCUT2D eigenvalue weighted by Crippen LogP contribution is 2.36. The third kappa shape index (κ3) is 5.07. The number of rotatable bonds is 8. The molecule has 0 aliphatic heterocycles. The molecule has 4 aromatic carbocycles. The van der Waals surface area contributed by atoms with Crippen LogP contribution in [0, 0.1) is 0 Å². The molecule has 0 aliphatic carbocycles. The average Bonchev–Trinajstić information content (AvgIpc) is 2.90. The summed E-state index contributed by atoms with van der Waals surface area (Å²) in [7, 11) is 3.28. The maximum atomic E-state index is 12.6. The molecule has 4 rings (SSSR count). The van der Waals surface area contributed by atoms with Crippen LogP contribution < -0.4 is 19.7 Å². The highest BCUT2D eigenvalue weighted by Gasteiger charge is 2.14. The van der Waals surface area contributed by atoms with Gasteiger partial charge < -0.3 is 19.7 Å². The number of nitrogens with zero attached hydrogens (tertiary/aromatic N) is 1. The summed E-state index contributed by atoms with van der Waals surface area (Å²) in [5, 5.41) is 2.89. The van der Waals surface area contributed by atoms with E-state index in [1.807, 2.05) is 72.8 Å². The van der Waals surface area contributed by atoms with E-state index in [1.165, 1.54) is 0 Å². The van der Waals surface area contributed by atoms with Crippen molar-refractivity contribution < 1.29 is 19.1 Å². The molecule has 6 nitrogen and oxygen atoms in total. The standard InChI is InChI=1S/C28H24N2O4/c1-33-26-15-11-24(12-16-26)30(25-13-17-27(34-2)18-14-25)23-9-7-22(8-10-23)29-28(32)21-5-3-20(19-31)4-6-21/h3-19H,1-2H3,(H,29,32). The Bertz CT molecular complexity index is 1200. The van der Waals surface area contributed by atoms with Crippen molar-refractivity contribution in [3.8, 4) is 11.5 Å². The lowest BCUT2D eigenvalue weighted by Gasteiger charge is -2.26. The average molecular weight is 453 g/mol. The molecule has 170 valence electrons. The van der Waals surface area contributed by atoms with E-state index in [0.717, 1.165) is 34.8 Å². The van der Waals surface area contributed by atoms with E-state index in [9.17, 15) is 9.59 Å². The second-order valence-corrected chi connectivity index (χ2v) is 7.47. The number of nitrogens with one attached hydrogen (secondary N) is 1. The van der Waals surface area contributed by atoms with Gasteiger partial charge in [-0.25, -0.2) is 0 Å². The summed E-state index contributed by atoms with van der Waals surface area (Å²) in [4.78, 5) is 25.5. The predicted molar refractivity (Wildman–Crippen MR) is 134 cm³/mol. The smallest absolute Gasteiger partial charge is 0.255 e. The van der Waals surface area contributed by atoms with Crippen molar-refractivity contribution in [3.63, 3.8) is 0 Å². The van der Waals surface area contributed by atoms with Gasteiger partial charge in [-0.2, -0.15) is 0 Å². The van der Waals surface area contributed by atoms with Crippen LogP contribution in [0.2, 0.25) is 0 Å². The lowest BCUT2D eigenvalue weighted by Crippen LogP contribution is -2.13. The quantitative estimate of drug-likeness (QED) is 0.321. The van der Waals surface area contributed by atoms with Crippen molar-refractivity contribution in [3.05, 3.63) is 108 Å². The molecule has 0 saturated carbocycles. The Labute approximate surface area is 198 Å². The molecule has 0 unspecified atom stereocenters. The number of carbonyl (C=O) groups is 2.